The van der Waals surface area contributed by atoms with Crippen molar-refractivity contribution in [3.8, 4) is 11.1 Å². The van der Waals surface area contributed by atoms with Gasteiger partial charge >= 0.3 is 0 Å². The molecule has 0 aliphatic carbocycles. The number of hydrogen-bond donors (Lipinski definition) is 3. The summed E-state index contributed by atoms with van der Waals surface area (Å²) in [6.45, 7) is 11.2. The SMILES string of the molecule is CCc1nc2c(cnn2CC)c(NC2CCOCC2)c1C(=O)NCc1ccc(F)c(-c2cccc(CN3CCNCC3)c2)c1. The van der Waals surface area contributed by atoms with Crippen molar-refractivity contribution in [2.24, 2.45) is 0 Å². The van der Waals surface area contributed by atoms with Gasteiger partial charge in [-0.2, -0.15) is 5.10 Å². The Hall–Kier alpha value is -3.86. The van der Waals surface area contributed by atoms with Crippen molar-refractivity contribution < 1.29 is 13.9 Å². The van der Waals surface area contributed by atoms with Gasteiger partial charge < -0.3 is 20.7 Å². The number of anilines is 1. The number of carbonyl (C=O) groups excluding carboxylic acids is 1. The van der Waals surface area contributed by atoms with E-state index in [1.54, 1.807) is 12.3 Å². The molecule has 0 saturated carbocycles. The van der Waals surface area contributed by atoms with E-state index in [9.17, 15) is 4.79 Å². The maximum absolute atomic E-state index is 15.1. The molecule has 4 aromatic rings. The number of benzene rings is 2. The van der Waals surface area contributed by atoms with E-state index in [1.165, 1.54) is 6.07 Å². The lowest BCUT2D eigenvalue weighted by Crippen LogP contribution is -2.42. The van der Waals surface area contributed by atoms with Crippen molar-refractivity contribution in [3.05, 3.63) is 76.9 Å². The summed E-state index contributed by atoms with van der Waals surface area (Å²) in [6, 6.07) is 13.4. The molecule has 232 valence electrons. The van der Waals surface area contributed by atoms with Crippen molar-refractivity contribution in [2.45, 2.75) is 58.8 Å². The molecule has 44 heavy (non-hydrogen) atoms. The van der Waals surface area contributed by atoms with Crippen LogP contribution in [0.2, 0.25) is 0 Å². The summed E-state index contributed by atoms with van der Waals surface area (Å²) in [6.07, 6.45) is 4.12. The Bertz CT molecular complexity index is 1610. The van der Waals surface area contributed by atoms with E-state index in [0.29, 0.717) is 37.3 Å². The van der Waals surface area contributed by atoms with E-state index in [1.807, 2.05) is 36.7 Å². The van der Waals surface area contributed by atoms with Crippen molar-refractivity contribution in [2.75, 3.05) is 44.7 Å². The molecule has 2 fully saturated rings. The zero-order valence-electron chi connectivity index (χ0n) is 25.7. The first-order valence-corrected chi connectivity index (χ1v) is 15.9. The number of aromatic nitrogens is 3. The normalized spacial score (nSPS) is 16.3. The zero-order chi connectivity index (χ0) is 30.5. The van der Waals surface area contributed by atoms with Crippen LogP contribution in [0.5, 0.6) is 0 Å². The van der Waals surface area contributed by atoms with Gasteiger partial charge in [-0.3, -0.25) is 9.69 Å². The van der Waals surface area contributed by atoms with E-state index in [4.69, 9.17) is 9.72 Å². The van der Waals surface area contributed by atoms with Crippen LogP contribution in [-0.2, 0) is 30.8 Å². The van der Waals surface area contributed by atoms with E-state index < -0.39 is 0 Å². The van der Waals surface area contributed by atoms with Gasteiger partial charge in [-0.05, 0) is 61.1 Å². The van der Waals surface area contributed by atoms with Gasteiger partial charge in [0.2, 0.25) is 0 Å². The van der Waals surface area contributed by atoms with Crippen LogP contribution >= 0.6 is 0 Å². The van der Waals surface area contributed by atoms with Crippen molar-refractivity contribution >= 4 is 22.6 Å². The molecule has 9 nitrogen and oxygen atoms in total. The van der Waals surface area contributed by atoms with Crippen LogP contribution in [0.4, 0.5) is 10.1 Å². The zero-order valence-corrected chi connectivity index (χ0v) is 25.7. The molecule has 2 aromatic heterocycles. The molecule has 0 spiro atoms. The molecule has 0 radical (unpaired) electrons. The maximum Gasteiger partial charge on any atom is 0.255 e. The Labute approximate surface area is 258 Å². The minimum absolute atomic E-state index is 0.192. The van der Waals surface area contributed by atoms with Gasteiger partial charge in [-0.1, -0.05) is 31.2 Å². The highest BCUT2D eigenvalue weighted by Gasteiger charge is 2.25. The summed E-state index contributed by atoms with van der Waals surface area (Å²) in [7, 11) is 0. The van der Waals surface area contributed by atoms with Gasteiger partial charge in [0.1, 0.15) is 5.82 Å². The number of piperazine rings is 1. The molecule has 2 saturated heterocycles. The molecule has 6 rings (SSSR count). The number of nitrogens with zero attached hydrogens (tertiary/aromatic N) is 4. The molecule has 10 heteroatoms. The highest BCUT2D eigenvalue weighted by molar-refractivity contribution is 6.07. The van der Waals surface area contributed by atoms with Gasteiger partial charge in [-0.25, -0.2) is 14.1 Å². The van der Waals surface area contributed by atoms with Crippen molar-refractivity contribution in [3.63, 3.8) is 0 Å². The number of nitrogens with one attached hydrogen (secondary N) is 3. The second-order valence-corrected chi connectivity index (χ2v) is 11.6. The Kier molecular flexibility index (Phi) is 9.49. The van der Waals surface area contributed by atoms with E-state index in [2.05, 4.69) is 38.1 Å². The van der Waals surface area contributed by atoms with Crippen molar-refractivity contribution in [1.29, 1.82) is 0 Å². The van der Waals surface area contributed by atoms with E-state index >= 15 is 4.39 Å². The molecule has 2 aliphatic rings. The fraction of sp³-hybridized carbons (Fsp3) is 0.441. The first-order chi connectivity index (χ1) is 21.5. The van der Waals surface area contributed by atoms with Crippen LogP contribution in [0.15, 0.2) is 48.7 Å². The largest absolute Gasteiger partial charge is 0.381 e. The van der Waals surface area contributed by atoms with Crippen LogP contribution in [0.25, 0.3) is 22.2 Å². The number of hydrogen-bond acceptors (Lipinski definition) is 7. The molecule has 1 amide bonds. The third kappa shape index (κ3) is 6.62. The number of fused-ring (bicyclic) bond motifs is 1. The number of aryl methyl sites for hydroxylation is 2. The second kappa shape index (κ2) is 13.8. The average Bonchev–Trinajstić information content (AvgIpc) is 3.48. The van der Waals surface area contributed by atoms with Gasteiger partial charge in [0.05, 0.1) is 28.5 Å². The van der Waals surface area contributed by atoms with Crippen LogP contribution in [0.1, 0.15) is 53.9 Å². The summed E-state index contributed by atoms with van der Waals surface area (Å²) in [5.74, 6) is -0.489. The van der Waals surface area contributed by atoms with Gasteiger partial charge in [0, 0.05) is 70.6 Å². The number of carbonyl (C=O) groups is 1. The Morgan fingerprint density at radius 2 is 1.91 bits per heavy atom. The smallest absolute Gasteiger partial charge is 0.255 e. The fourth-order valence-corrected chi connectivity index (χ4v) is 6.20. The molecule has 0 unspecified atom stereocenters. The standard InChI is InChI=1S/C34H42FN7O2/c1-3-30-31(32(39-26-10-16-44-17-11-26)28-21-38-42(4-2)33(28)40-30)34(43)37-20-23-8-9-29(35)27(19-23)25-7-5-6-24(18-25)22-41-14-12-36-13-15-41/h5-9,18-19,21,26,36H,3-4,10-17,20,22H2,1-2H3,(H,37,43)(H,39,40). The predicted octanol–water partition coefficient (Wildman–Crippen LogP) is 4.75. The first-order valence-electron chi connectivity index (χ1n) is 15.9. The molecule has 0 atom stereocenters. The van der Waals surface area contributed by atoms with Gasteiger partial charge in [0.15, 0.2) is 5.65 Å². The molecule has 0 bridgehead atoms. The summed E-state index contributed by atoms with van der Waals surface area (Å²) < 4.78 is 22.6. The molecular formula is C34H42FN7O2. The minimum atomic E-state index is -0.279. The minimum Gasteiger partial charge on any atom is -0.381 e. The first kappa shape index (κ1) is 30.2. The van der Waals surface area contributed by atoms with Gasteiger partial charge in [0.25, 0.3) is 5.91 Å². The Balaban J connectivity index is 1.25. The van der Waals surface area contributed by atoms with Crippen LogP contribution in [0.3, 0.4) is 0 Å². The third-order valence-corrected chi connectivity index (χ3v) is 8.63. The quantitative estimate of drug-likeness (QED) is 0.242. The molecule has 4 heterocycles. The van der Waals surface area contributed by atoms with E-state index in [-0.39, 0.29) is 24.3 Å². The average molecular weight is 600 g/mol. The molecule has 2 aromatic carbocycles. The van der Waals surface area contributed by atoms with E-state index in [0.717, 1.165) is 84.7 Å². The third-order valence-electron chi connectivity index (χ3n) is 8.63. The Morgan fingerprint density at radius 3 is 2.68 bits per heavy atom. The monoisotopic (exact) mass is 599 g/mol. The lowest BCUT2D eigenvalue weighted by atomic mass is 9.99. The second-order valence-electron chi connectivity index (χ2n) is 11.6. The lowest BCUT2D eigenvalue weighted by molar-refractivity contribution is 0.0903. The highest BCUT2D eigenvalue weighted by Crippen LogP contribution is 2.32. The maximum atomic E-state index is 15.1. The van der Waals surface area contributed by atoms with Gasteiger partial charge in [-0.15, -0.1) is 0 Å². The number of rotatable bonds is 10. The van der Waals surface area contributed by atoms with Crippen LogP contribution < -0.4 is 16.0 Å². The van der Waals surface area contributed by atoms with Crippen LogP contribution in [-0.4, -0.2) is 71.0 Å². The summed E-state index contributed by atoms with van der Waals surface area (Å²) >= 11 is 0. The lowest BCUT2D eigenvalue weighted by Gasteiger charge is -2.27. The number of ether oxygens (including phenoxy) is 1. The number of amides is 1. The van der Waals surface area contributed by atoms with Crippen molar-refractivity contribution in [1.82, 2.24) is 30.3 Å². The number of pyridine rings is 1. The Morgan fingerprint density at radius 1 is 1.09 bits per heavy atom. The van der Waals surface area contributed by atoms with Crippen LogP contribution in [0, 0.1) is 5.82 Å². The predicted molar refractivity (Wildman–Crippen MR) is 171 cm³/mol. The number of halogens is 1. The fourth-order valence-electron chi connectivity index (χ4n) is 6.20. The molecule has 2 aliphatic heterocycles. The molecule has 3 N–H and O–H groups in total. The summed E-state index contributed by atoms with van der Waals surface area (Å²) in [4.78, 5) is 21.2. The molecular weight excluding hydrogens is 557 g/mol. The summed E-state index contributed by atoms with van der Waals surface area (Å²) in [5.41, 5.74) is 6.17. The summed E-state index contributed by atoms with van der Waals surface area (Å²) in [5, 5.41) is 15.5. The highest BCUT2D eigenvalue weighted by atomic mass is 19.1. The topological polar surface area (TPSA) is 96.3 Å².